The number of pyridine rings is 1. The van der Waals surface area contributed by atoms with Gasteiger partial charge in [-0.25, -0.2) is 0 Å². The van der Waals surface area contributed by atoms with Gasteiger partial charge in [-0.3, -0.25) is 4.98 Å². The highest BCUT2D eigenvalue weighted by atomic mass is 15.0. The molecule has 218 valence electrons. The molecular weight excluding hydrogens is 556 g/mol. The third-order valence-electron chi connectivity index (χ3n) is 9.93. The standard InChI is InChI=1S/C44H32N2/c1-44(2)40-26-32(29-13-15-31(16-14-29)34-8-7-25-45-28-34)19-23-36(40)37-24-20-33(27-41(37)44)30-17-21-35(22-18-30)46-42-11-5-3-9-38(42)39-10-4-6-12-43(39)46/h3-28H,1-2H3. The minimum absolute atomic E-state index is 0.102. The number of benzene rings is 6. The average Bonchev–Trinajstić information content (AvgIpc) is 3.57. The van der Waals surface area contributed by atoms with E-state index >= 15 is 0 Å². The van der Waals surface area contributed by atoms with Crippen molar-refractivity contribution in [1.29, 1.82) is 0 Å². The van der Waals surface area contributed by atoms with Crippen LogP contribution in [-0.4, -0.2) is 9.55 Å². The lowest BCUT2D eigenvalue weighted by Crippen LogP contribution is -2.15. The number of rotatable bonds is 4. The molecule has 8 aromatic rings. The third-order valence-corrected chi connectivity index (χ3v) is 9.93. The molecule has 0 atom stereocenters. The van der Waals surface area contributed by atoms with Crippen LogP contribution in [0.5, 0.6) is 0 Å². The first-order valence-corrected chi connectivity index (χ1v) is 16.0. The maximum Gasteiger partial charge on any atom is 0.0541 e. The molecule has 6 aromatic carbocycles. The quantitative estimate of drug-likeness (QED) is 0.200. The van der Waals surface area contributed by atoms with Crippen LogP contribution < -0.4 is 0 Å². The minimum Gasteiger partial charge on any atom is -0.309 e. The van der Waals surface area contributed by atoms with Gasteiger partial charge in [-0.05, 0) is 98.1 Å². The van der Waals surface area contributed by atoms with E-state index in [1.807, 2.05) is 18.5 Å². The molecule has 0 fully saturated rings. The van der Waals surface area contributed by atoms with Crippen molar-refractivity contribution >= 4 is 21.8 Å². The lowest BCUT2D eigenvalue weighted by molar-refractivity contribution is 0.661. The van der Waals surface area contributed by atoms with Gasteiger partial charge in [0.1, 0.15) is 0 Å². The van der Waals surface area contributed by atoms with E-state index in [0.29, 0.717) is 0 Å². The number of fused-ring (bicyclic) bond motifs is 6. The van der Waals surface area contributed by atoms with Crippen molar-refractivity contribution in [2.45, 2.75) is 19.3 Å². The first-order valence-electron chi connectivity index (χ1n) is 16.0. The molecule has 9 rings (SSSR count). The number of para-hydroxylation sites is 2. The van der Waals surface area contributed by atoms with E-state index in [1.165, 1.54) is 77.6 Å². The Morgan fingerprint density at radius 2 is 0.935 bits per heavy atom. The van der Waals surface area contributed by atoms with Crippen LogP contribution in [-0.2, 0) is 5.41 Å². The lowest BCUT2D eigenvalue weighted by Gasteiger charge is -2.22. The van der Waals surface area contributed by atoms with Crippen molar-refractivity contribution in [3.05, 3.63) is 169 Å². The Morgan fingerprint density at radius 3 is 1.46 bits per heavy atom. The van der Waals surface area contributed by atoms with Gasteiger partial charge in [0, 0.05) is 34.3 Å². The Morgan fingerprint density at radius 1 is 0.457 bits per heavy atom. The van der Waals surface area contributed by atoms with Crippen LogP contribution in [0.4, 0.5) is 0 Å². The molecule has 1 aliphatic carbocycles. The Bertz CT molecular complexity index is 2360. The monoisotopic (exact) mass is 588 g/mol. The predicted molar refractivity (Wildman–Crippen MR) is 192 cm³/mol. The summed E-state index contributed by atoms with van der Waals surface area (Å²) in [6.45, 7) is 4.73. The second kappa shape index (κ2) is 10.2. The number of nitrogens with zero attached hydrogens (tertiary/aromatic N) is 2. The molecule has 0 amide bonds. The normalized spacial score (nSPS) is 13.2. The summed E-state index contributed by atoms with van der Waals surface area (Å²) < 4.78 is 2.38. The van der Waals surface area contributed by atoms with Crippen molar-refractivity contribution in [1.82, 2.24) is 9.55 Å². The number of aromatic nitrogens is 2. The third kappa shape index (κ3) is 4.07. The predicted octanol–water partition coefficient (Wildman–Crippen LogP) is 11.5. The van der Waals surface area contributed by atoms with E-state index in [-0.39, 0.29) is 5.41 Å². The smallest absolute Gasteiger partial charge is 0.0541 e. The fourth-order valence-electron chi connectivity index (χ4n) is 7.49. The van der Waals surface area contributed by atoms with Gasteiger partial charge in [0.15, 0.2) is 0 Å². The second-order valence-electron chi connectivity index (χ2n) is 12.9. The van der Waals surface area contributed by atoms with Crippen molar-refractivity contribution in [3.63, 3.8) is 0 Å². The molecule has 0 unspecified atom stereocenters. The molecule has 2 nitrogen and oxygen atoms in total. The van der Waals surface area contributed by atoms with Crippen LogP contribution in [0, 0.1) is 0 Å². The van der Waals surface area contributed by atoms with Crippen LogP contribution in [0.15, 0.2) is 158 Å². The van der Waals surface area contributed by atoms with Gasteiger partial charge in [0.05, 0.1) is 11.0 Å². The van der Waals surface area contributed by atoms with E-state index in [4.69, 9.17) is 0 Å². The molecule has 0 spiro atoms. The highest BCUT2D eigenvalue weighted by Crippen LogP contribution is 2.50. The fourth-order valence-corrected chi connectivity index (χ4v) is 7.49. The number of hydrogen-bond donors (Lipinski definition) is 0. The summed E-state index contributed by atoms with van der Waals surface area (Å²) in [5.74, 6) is 0. The first-order chi connectivity index (χ1) is 22.6. The highest BCUT2D eigenvalue weighted by Gasteiger charge is 2.35. The maximum absolute atomic E-state index is 4.28. The van der Waals surface area contributed by atoms with Crippen molar-refractivity contribution in [2.75, 3.05) is 0 Å². The molecule has 0 saturated carbocycles. The van der Waals surface area contributed by atoms with Crippen LogP contribution in [0.2, 0.25) is 0 Å². The van der Waals surface area contributed by atoms with Gasteiger partial charge in [-0.2, -0.15) is 0 Å². The maximum atomic E-state index is 4.28. The van der Waals surface area contributed by atoms with Gasteiger partial charge in [0.25, 0.3) is 0 Å². The average molecular weight is 589 g/mol. The second-order valence-corrected chi connectivity index (χ2v) is 12.9. The Balaban J connectivity index is 1.05. The molecule has 2 heteroatoms. The van der Waals surface area contributed by atoms with Crippen molar-refractivity contribution in [2.24, 2.45) is 0 Å². The van der Waals surface area contributed by atoms with Crippen molar-refractivity contribution in [3.8, 4) is 50.2 Å². The highest BCUT2D eigenvalue weighted by molar-refractivity contribution is 6.09. The fraction of sp³-hybridized carbons (Fsp3) is 0.0682. The van der Waals surface area contributed by atoms with E-state index in [1.54, 1.807) is 0 Å². The van der Waals surface area contributed by atoms with Gasteiger partial charge in [0.2, 0.25) is 0 Å². The van der Waals surface area contributed by atoms with Crippen LogP contribution in [0.3, 0.4) is 0 Å². The summed E-state index contributed by atoms with van der Waals surface area (Å²) in [6.07, 6.45) is 3.73. The molecule has 0 aliphatic heterocycles. The summed E-state index contributed by atoms with van der Waals surface area (Å²) in [5, 5.41) is 2.57. The molecule has 1 aliphatic rings. The zero-order chi connectivity index (χ0) is 30.8. The zero-order valence-corrected chi connectivity index (χ0v) is 25.9. The van der Waals surface area contributed by atoms with Gasteiger partial charge in [-0.1, -0.05) is 117 Å². The van der Waals surface area contributed by atoms with Crippen LogP contribution >= 0.6 is 0 Å². The van der Waals surface area contributed by atoms with E-state index in [9.17, 15) is 0 Å². The van der Waals surface area contributed by atoms with E-state index in [2.05, 4.69) is 163 Å². The molecular formula is C44H32N2. The topological polar surface area (TPSA) is 17.8 Å². The summed E-state index contributed by atoms with van der Waals surface area (Å²) in [6, 6.07) is 53.3. The van der Waals surface area contributed by atoms with Crippen LogP contribution in [0.1, 0.15) is 25.0 Å². The summed E-state index contributed by atoms with van der Waals surface area (Å²) in [5.41, 5.74) is 16.3. The van der Waals surface area contributed by atoms with Crippen molar-refractivity contribution < 1.29 is 0 Å². The largest absolute Gasteiger partial charge is 0.309 e. The Kier molecular flexibility index (Phi) is 5.88. The molecule has 0 bridgehead atoms. The SMILES string of the molecule is CC1(C)c2cc(-c3ccc(-c4cccnc4)cc3)ccc2-c2ccc(-c3ccc(-n4c5ccccc5c5ccccc54)cc3)cc21. The zero-order valence-electron chi connectivity index (χ0n) is 25.9. The summed E-state index contributed by atoms with van der Waals surface area (Å²) in [4.78, 5) is 4.28. The number of hydrogen-bond acceptors (Lipinski definition) is 1. The minimum atomic E-state index is -0.102. The van der Waals surface area contributed by atoms with E-state index in [0.717, 1.165) is 5.56 Å². The molecule has 46 heavy (non-hydrogen) atoms. The summed E-state index contributed by atoms with van der Waals surface area (Å²) >= 11 is 0. The Hall–Kier alpha value is -5.73. The Labute approximate surface area is 269 Å². The summed E-state index contributed by atoms with van der Waals surface area (Å²) in [7, 11) is 0. The molecule has 0 radical (unpaired) electrons. The molecule has 2 aromatic heterocycles. The molecule has 0 N–H and O–H groups in total. The van der Waals surface area contributed by atoms with Gasteiger partial charge in [-0.15, -0.1) is 0 Å². The van der Waals surface area contributed by atoms with Gasteiger partial charge >= 0.3 is 0 Å². The first kappa shape index (κ1) is 26.7. The lowest BCUT2D eigenvalue weighted by atomic mass is 9.81. The van der Waals surface area contributed by atoms with Gasteiger partial charge < -0.3 is 4.57 Å². The molecule has 0 saturated heterocycles. The van der Waals surface area contributed by atoms with E-state index < -0.39 is 0 Å². The molecule has 2 heterocycles. The van der Waals surface area contributed by atoms with Crippen LogP contribution in [0.25, 0.3) is 72.0 Å².